The van der Waals surface area contributed by atoms with Crippen LogP contribution in [-0.2, 0) is 0 Å². The number of aryl methyl sites for hydroxylation is 3. The van der Waals surface area contributed by atoms with Crippen LogP contribution < -0.4 is 0 Å². The molecule has 1 atom stereocenters. The number of benzene rings is 2. The van der Waals surface area contributed by atoms with Gasteiger partial charge in [-0.3, -0.25) is 4.98 Å². The van der Waals surface area contributed by atoms with E-state index in [0.717, 1.165) is 33.2 Å². The van der Waals surface area contributed by atoms with E-state index in [4.69, 9.17) is 0 Å². The summed E-state index contributed by atoms with van der Waals surface area (Å²) in [6.07, 6.45) is 1.16. The van der Waals surface area contributed by atoms with Gasteiger partial charge in [-0.15, -0.1) is 0 Å². The lowest BCUT2D eigenvalue weighted by molar-refractivity contribution is 0.219. The van der Waals surface area contributed by atoms with E-state index in [1.54, 1.807) is 6.20 Å². The summed E-state index contributed by atoms with van der Waals surface area (Å²) in [5.41, 5.74) is 6.27. The van der Waals surface area contributed by atoms with Gasteiger partial charge in [0.1, 0.15) is 6.10 Å². The average Bonchev–Trinajstić information content (AvgIpc) is 2.45. The summed E-state index contributed by atoms with van der Waals surface area (Å²) in [5.74, 6) is 0. The Balaban J connectivity index is 2.10. The van der Waals surface area contributed by atoms with E-state index in [9.17, 15) is 5.11 Å². The first-order chi connectivity index (χ1) is 10.1. The number of aliphatic hydroxyl groups excluding tert-OH is 1. The maximum absolute atomic E-state index is 10.8. The largest absolute Gasteiger partial charge is 0.384 e. The number of nitrogens with zero attached hydrogens (tertiary/aromatic N) is 1. The number of fused-ring (bicyclic) bond motifs is 1. The SMILES string of the molecule is Cc1cc(C)c(C(O)c2ccc3cccnc3c2)c(C)c1. The maximum atomic E-state index is 10.8. The van der Waals surface area contributed by atoms with Crippen molar-refractivity contribution in [3.63, 3.8) is 0 Å². The van der Waals surface area contributed by atoms with Crippen molar-refractivity contribution in [1.29, 1.82) is 0 Å². The molecule has 2 heteroatoms. The van der Waals surface area contributed by atoms with E-state index in [0.29, 0.717) is 0 Å². The minimum atomic E-state index is -0.614. The van der Waals surface area contributed by atoms with Crippen LogP contribution in [0.4, 0.5) is 0 Å². The Morgan fingerprint density at radius 3 is 2.38 bits per heavy atom. The molecule has 1 unspecified atom stereocenters. The van der Waals surface area contributed by atoms with Crippen molar-refractivity contribution in [2.75, 3.05) is 0 Å². The summed E-state index contributed by atoms with van der Waals surface area (Å²) in [5, 5.41) is 11.9. The Morgan fingerprint density at radius 1 is 0.952 bits per heavy atom. The normalized spacial score (nSPS) is 12.6. The van der Waals surface area contributed by atoms with Gasteiger partial charge in [0, 0.05) is 11.6 Å². The van der Waals surface area contributed by atoms with E-state index < -0.39 is 6.10 Å². The van der Waals surface area contributed by atoms with Gasteiger partial charge in [0.25, 0.3) is 0 Å². The quantitative estimate of drug-likeness (QED) is 0.760. The second kappa shape index (κ2) is 5.30. The molecule has 106 valence electrons. The van der Waals surface area contributed by atoms with Crippen LogP contribution >= 0.6 is 0 Å². The molecule has 0 saturated carbocycles. The van der Waals surface area contributed by atoms with Crippen LogP contribution in [0.2, 0.25) is 0 Å². The molecule has 0 saturated heterocycles. The molecule has 3 aromatic rings. The third-order valence-electron chi connectivity index (χ3n) is 3.96. The van der Waals surface area contributed by atoms with Crippen molar-refractivity contribution < 1.29 is 5.11 Å². The molecule has 1 heterocycles. The Bertz CT molecular complexity index is 785. The number of rotatable bonds is 2. The van der Waals surface area contributed by atoms with E-state index in [2.05, 4.69) is 37.9 Å². The topological polar surface area (TPSA) is 33.1 Å². The number of hydrogen-bond acceptors (Lipinski definition) is 2. The van der Waals surface area contributed by atoms with E-state index in [-0.39, 0.29) is 0 Å². The predicted octanol–water partition coefficient (Wildman–Crippen LogP) is 4.24. The summed E-state index contributed by atoms with van der Waals surface area (Å²) >= 11 is 0. The van der Waals surface area contributed by atoms with Crippen LogP contribution in [0.25, 0.3) is 10.9 Å². The number of aromatic nitrogens is 1. The monoisotopic (exact) mass is 277 g/mol. The first kappa shape index (κ1) is 13.8. The van der Waals surface area contributed by atoms with Gasteiger partial charge < -0.3 is 5.11 Å². The van der Waals surface area contributed by atoms with Gasteiger partial charge in [-0.1, -0.05) is 35.9 Å². The van der Waals surface area contributed by atoms with Crippen molar-refractivity contribution in [3.05, 3.63) is 76.5 Å². The summed E-state index contributed by atoms with van der Waals surface area (Å²) in [6.45, 7) is 6.19. The number of pyridine rings is 1. The fraction of sp³-hybridized carbons (Fsp3) is 0.211. The minimum absolute atomic E-state index is 0.614. The van der Waals surface area contributed by atoms with Crippen molar-refractivity contribution in [2.45, 2.75) is 26.9 Å². The highest BCUT2D eigenvalue weighted by Crippen LogP contribution is 2.30. The van der Waals surface area contributed by atoms with Crippen LogP contribution in [0.1, 0.15) is 33.9 Å². The molecule has 0 aliphatic heterocycles. The van der Waals surface area contributed by atoms with Crippen molar-refractivity contribution in [3.8, 4) is 0 Å². The third-order valence-corrected chi connectivity index (χ3v) is 3.96. The maximum Gasteiger partial charge on any atom is 0.105 e. The van der Waals surface area contributed by atoms with Gasteiger partial charge in [0.15, 0.2) is 0 Å². The summed E-state index contributed by atoms with van der Waals surface area (Å²) in [4.78, 5) is 4.37. The van der Waals surface area contributed by atoms with E-state index >= 15 is 0 Å². The predicted molar refractivity (Wildman–Crippen MR) is 86.5 cm³/mol. The fourth-order valence-electron chi connectivity index (χ4n) is 3.04. The second-order valence-corrected chi connectivity index (χ2v) is 5.67. The molecule has 3 rings (SSSR count). The molecule has 0 fully saturated rings. The van der Waals surface area contributed by atoms with Crippen LogP contribution in [0.5, 0.6) is 0 Å². The zero-order chi connectivity index (χ0) is 15.0. The highest BCUT2D eigenvalue weighted by molar-refractivity contribution is 5.79. The first-order valence-corrected chi connectivity index (χ1v) is 7.17. The molecule has 2 aromatic carbocycles. The molecule has 0 aliphatic rings. The van der Waals surface area contributed by atoms with E-state index in [1.807, 2.05) is 30.3 Å². The summed E-state index contributed by atoms with van der Waals surface area (Å²) in [7, 11) is 0. The highest BCUT2D eigenvalue weighted by atomic mass is 16.3. The Kier molecular flexibility index (Phi) is 3.48. The molecule has 0 amide bonds. The van der Waals surface area contributed by atoms with Gasteiger partial charge in [-0.2, -0.15) is 0 Å². The lowest BCUT2D eigenvalue weighted by Crippen LogP contribution is -2.05. The molecule has 21 heavy (non-hydrogen) atoms. The van der Waals surface area contributed by atoms with Crippen LogP contribution in [0, 0.1) is 20.8 Å². The molecular formula is C19H19NO. The van der Waals surface area contributed by atoms with Crippen LogP contribution in [0.3, 0.4) is 0 Å². The summed E-state index contributed by atoms with van der Waals surface area (Å²) in [6, 6.07) is 14.1. The van der Waals surface area contributed by atoms with Gasteiger partial charge in [0.05, 0.1) is 5.52 Å². The molecule has 0 radical (unpaired) electrons. The molecule has 0 spiro atoms. The second-order valence-electron chi connectivity index (χ2n) is 5.67. The average molecular weight is 277 g/mol. The van der Waals surface area contributed by atoms with Crippen molar-refractivity contribution in [2.24, 2.45) is 0 Å². The van der Waals surface area contributed by atoms with Gasteiger partial charge in [0.2, 0.25) is 0 Å². The fourth-order valence-corrected chi connectivity index (χ4v) is 3.04. The molecule has 0 bridgehead atoms. The Morgan fingerprint density at radius 2 is 1.67 bits per heavy atom. The van der Waals surface area contributed by atoms with Crippen molar-refractivity contribution in [1.82, 2.24) is 4.98 Å². The van der Waals surface area contributed by atoms with Gasteiger partial charge in [-0.05, 0) is 55.2 Å². The zero-order valence-corrected chi connectivity index (χ0v) is 12.6. The van der Waals surface area contributed by atoms with E-state index in [1.165, 1.54) is 5.56 Å². The molecule has 1 aromatic heterocycles. The standard InChI is InChI=1S/C19H19NO/c1-12-9-13(2)18(14(3)10-12)19(21)16-7-6-15-5-4-8-20-17(15)11-16/h4-11,19,21H,1-3H3. The minimum Gasteiger partial charge on any atom is -0.384 e. The number of aliphatic hydroxyl groups is 1. The highest BCUT2D eigenvalue weighted by Gasteiger charge is 2.16. The molecule has 0 aliphatic carbocycles. The lowest BCUT2D eigenvalue weighted by atomic mass is 9.91. The van der Waals surface area contributed by atoms with Crippen LogP contribution in [-0.4, -0.2) is 10.1 Å². The zero-order valence-electron chi connectivity index (χ0n) is 12.6. The molecule has 1 N–H and O–H groups in total. The molecular weight excluding hydrogens is 258 g/mol. The third kappa shape index (κ3) is 2.55. The Hall–Kier alpha value is -2.19. The first-order valence-electron chi connectivity index (χ1n) is 7.17. The number of hydrogen-bond donors (Lipinski definition) is 1. The van der Waals surface area contributed by atoms with Gasteiger partial charge >= 0.3 is 0 Å². The summed E-state index contributed by atoms with van der Waals surface area (Å²) < 4.78 is 0. The Labute approximate surface area is 125 Å². The van der Waals surface area contributed by atoms with Crippen LogP contribution in [0.15, 0.2) is 48.7 Å². The lowest BCUT2D eigenvalue weighted by Gasteiger charge is -2.18. The van der Waals surface area contributed by atoms with Gasteiger partial charge in [-0.25, -0.2) is 0 Å². The smallest absolute Gasteiger partial charge is 0.105 e. The van der Waals surface area contributed by atoms with Crippen molar-refractivity contribution >= 4 is 10.9 Å². The molecule has 2 nitrogen and oxygen atoms in total.